The molecule has 1 saturated heterocycles. The van der Waals surface area contributed by atoms with Crippen molar-refractivity contribution >= 4 is 33.2 Å². The molecule has 8 nitrogen and oxygen atoms in total. The van der Waals surface area contributed by atoms with Crippen molar-refractivity contribution in [3.8, 4) is 11.5 Å². The van der Waals surface area contributed by atoms with Crippen molar-refractivity contribution in [1.29, 1.82) is 0 Å². The number of methoxy groups -OCH3 is 1. The van der Waals surface area contributed by atoms with Gasteiger partial charge in [0.15, 0.2) is 6.10 Å². The lowest BCUT2D eigenvalue weighted by molar-refractivity contribution is -0.127. The molecule has 0 bridgehead atoms. The van der Waals surface area contributed by atoms with Crippen molar-refractivity contribution in [2.45, 2.75) is 43.4 Å². The number of nitrogens with one attached hydrogen (secondary N) is 1. The van der Waals surface area contributed by atoms with Crippen LogP contribution in [0.25, 0.3) is 0 Å². The van der Waals surface area contributed by atoms with Crippen LogP contribution >= 0.6 is 11.6 Å². The first kappa shape index (κ1) is 27.3. The smallest absolute Gasteiger partial charge is 0.264 e. The summed E-state index contributed by atoms with van der Waals surface area (Å²) in [6, 6.07) is 18.9. The lowest BCUT2D eigenvalue weighted by Crippen LogP contribution is -2.50. The van der Waals surface area contributed by atoms with E-state index in [0.29, 0.717) is 17.3 Å². The Labute approximate surface area is 234 Å². The molecule has 5 rings (SSSR count). The lowest BCUT2D eigenvalue weighted by atomic mass is 10.0. The second-order valence-electron chi connectivity index (χ2n) is 9.75. The Hall–Kier alpha value is -3.27. The van der Waals surface area contributed by atoms with Crippen LogP contribution in [0.1, 0.15) is 30.4 Å². The van der Waals surface area contributed by atoms with Crippen LogP contribution in [0, 0.1) is 0 Å². The molecule has 1 fully saturated rings. The summed E-state index contributed by atoms with van der Waals surface area (Å²) in [5.41, 5.74) is 2.49. The van der Waals surface area contributed by atoms with E-state index in [1.54, 1.807) is 24.3 Å². The van der Waals surface area contributed by atoms with Gasteiger partial charge in [-0.3, -0.25) is 14.0 Å². The van der Waals surface area contributed by atoms with Crippen LogP contribution in [-0.2, 0) is 27.9 Å². The van der Waals surface area contributed by atoms with Gasteiger partial charge in [0.1, 0.15) is 11.5 Å². The van der Waals surface area contributed by atoms with Gasteiger partial charge in [-0.1, -0.05) is 42.3 Å². The Morgan fingerprint density at radius 3 is 2.46 bits per heavy atom. The fourth-order valence-corrected chi connectivity index (χ4v) is 6.64. The van der Waals surface area contributed by atoms with Crippen LogP contribution < -0.4 is 19.1 Å². The van der Waals surface area contributed by atoms with Gasteiger partial charge in [-0.05, 0) is 79.5 Å². The summed E-state index contributed by atoms with van der Waals surface area (Å²) in [5, 5.41) is 3.33. The van der Waals surface area contributed by atoms with Crippen molar-refractivity contribution in [3.63, 3.8) is 0 Å². The normalized spacial score (nSPS) is 17.7. The molecule has 1 atom stereocenters. The van der Waals surface area contributed by atoms with Gasteiger partial charge < -0.3 is 14.8 Å². The summed E-state index contributed by atoms with van der Waals surface area (Å²) in [5.74, 6) is 0.420. The Balaban J connectivity index is 1.34. The fourth-order valence-electron chi connectivity index (χ4n) is 5.00. The Bertz CT molecular complexity index is 1430. The van der Waals surface area contributed by atoms with Gasteiger partial charge in [-0.2, -0.15) is 0 Å². The number of carbonyl (C=O) groups excluding carboxylic acids is 1. The summed E-state index contributed by atoms with van der Waals surface area (Å²) in [7, 11) is -2.51. The molecule has 206 valence electrons. The van der Waals surface area contributed by atoms with Crippen molar-refractivity contribution in [2.24, 2.45) is 0 Å². The molecule has 0 aromatic heterocycles. The molecule has 2 heterocycles. The van der Waals surface area contributed by atoms with Gasteiger partial charge in [-0.15, -0.1) is 0 Å². The highest BCUT2D eigenvalue weighted by Gasteiger charge is 2.37. The molecular formula is C29H32ClN3O5S. The zero-order valence-electron chi connectivity index (χ0n) is 21.8. The minimum atomic E-state index is -4.02. The number of halogens is 1. The number of amides is 1. The SMILES string of the molecule is COc1ccc(S(=O)(=O)N2C[C@H](C(=O)NCc3ccccc3CN3CCCCC3)Oc3ccc(Cl)cc32)cc1. The van der Waals surface area contributed by atoms with E-state index in [1.165, 1.54) is 54.4 Å². The fraction of sp³-hybridized carbons (Fsp3) is 0.345. The van der Waals surface area contributed by atoms with Gasteiger partial charge in [0.05, 0.1) is 24.2 Å². The maximum atomic E-state index is 13.7. The van der Waals surface area contributed by atoms with E-state index in [1.807, 2.05) is 18.2 Å². The summed E-state index contributed by atoms with van der Waals surface area (Å²) >= 11 is 6.20. The van der Waals surface area contributed by atoms with E-state index in [2.05, 4.69) is 16.3 Å². The minimum absolute atomic E-state index is 0.0712. The van der Waals surface area contributed by atoms with Crippen molar-refractivity contribution in [3.05, 3.63) is 82.9 Å². The third kappa shape index (κ3) is 6.16. The number of likely N-dealkylation sites (tertiary alicyclic amines) is 1. The number of rotatable bonds is 8. The Morgan fingerprint density at radius 1 is 1.03 bits per heavy atom. The number of ether oxygens (including phenoxy) is 2. The van der Waals surface area contributed by atoms with Crippen LogP contribution in [0.2, 0.25) is 5.02 Å². The number of fused-ring (bicyclic) bond motifs is 1. The molecule has 0 spiro atoms. The molecule has 2 aliphatic rings. The second-order valence-corrected chi connectivity index (χ2v) is 12.1. The van der Waals surface area contributed by atoms with Crippen molar-refractivity contribution in [2.75, 3.05) is 31.0 Å². The number of piperidine rings is 1. The van der Waals surface area contributed by atoms with E-state index in [0.717, 1.165) is 25.2 Å². The topological polar surface area (TPSA) is 88.2 Å². The molecule has 0 aliphatic carbocycles. The number of hydrogen-bond donors (Lipinski definition) is 1. The first-order valence-electron chi connectivity index (χ1n) is 13.0. The highest BCUT2D eigenvalue weighted by atomic mass is 35.5. The number of carbonyl (C=O) groups is 1. The zero-order valence-corrected chi connectivity index (χ0v) is 23.4. The van der Waals surface area contributed by atoms with Crippen LogP contribution in [0.4, 0.5) is 5.69 Å². The maximum Gasteiger partial charge on any atom is 0.264 e. The molecule has 3 aromatic rings. The number of sulfonamides is 1. The largest absolute Gasteiger partial charge is 0.497 e. The summed E-state index contributed by atoms with van der Waals surface area (Å²) in [6.45, 7) is 3.13. The average Bonchev–Trinajstić information content (AvgIpc) is 2.96. The van der Waals surface area contributed by atoms with Crippen LogP contribution in [0.15, 0.2) is 71.6 Å². The molecule has 1 amide bonds. The van der Waals surface area contributed by atoms with E-state index in [4.69, 9.17) is 21.1 Å². The molecule has 10 heteroatoms. The van der Waals surface area contributed by atoms with E-state index in [9.17, 15) is 13.2 Å². The number of nitrogens with zero attached hydrogens (tertiary/aromatic N) is 2. The predicted molar refractivity (Wildman–Crippen MR) is 151 cm³/mol. The van der Waals surface area contributed by atoms with E-state index >= 15 is 0 Å². The number of hydrogen-bond acceptors (Lipinski definition) is 6. The molecule has 0 unspecified atom stereocenters. The summed E-state index contributed by atoms with van der Waals surface area (Å²) < 4.78 is 39.7. The van der Waals surface area contributed by atoms with Gasteiger partial charge in [0.25, 0.3) is 15.9 Å². The molecular weight excluding hydrogens is 538 g/mol. The van der Waals surface area contributed by atoms with Gasteiger partial charge in [0.2, 0.25) is 0 Å². The molecule has 3 aromatic carbocycles. The molecule has 1 N–H and O–H groups in total. The number of anilines is 1. The highest BCUT2D eigenvalue weighted by Crippen LogP contribution is 2.39. The summed E-state index contributed by atoms with van der Waals surface area (Å²) in [6.07, 6.45) is 2.65. The number of benzene rings is 3. The van der Waals surface area contributed by atoms with Crippen LogP contribution in [-0.4, -0.2) is 52.1 Å². The van der Waals surface area contributed by atoms with Crippen molar-refractivity contribution < 1.29 is 22.7 Å². The predicted octanol–water partition coefficient (Wildman–Crippen LogP) is 4.61. The zero-order chi connectivity index (χ0) is 27.4. The van der Waals surface area contributed by atoms with E-state index in [-0.39, 0.29) is 22.9 Å². The molecule has 0 radical (unpaired) electrons. The first-order chi connectivity index (χ1) is 18.8. The maximum absolute atomic E-state index is 13.7. The lowest BCUT2D eigenvalue weighted by Gasteiger charge is -2.35. The van der Waals surface area contributed by atoms with Gasteiger partial charge in [0, 0.05) is 18.1 Å². The monoisotopic (exact) mass is 569 g/mol. The Kier molecular flexibility index (Phi) is 8.30. The minimum Gasteiger partial charge on any atom is -0.497 e. The standard InChI is InChI=1S/C29H32ClN3O5S/c1-37-24-10-12-25(13-11-24)39(35,36)33-20-28(38-27-14-9-23(30)17-26(27)33)29(34)31-18-21-7-3-4-8-22(21)19-32-15-5-2-6-16-32/h3-4,7-14,17,28H,2,5-6,15-16,18-20H2,1H3,(H,31,34)/t28-/m1/s1. The average molecular weight is 570 g/mol. The molecule has 39 heavy (non-hydrogen) atoms. The summed E-state index contributed by atoms with van der Waals surface area (Å²) in [4.78, 5) is 15.8. The third-order valence-corrected chi connectivity index (χ3v) is 9.17. The van der Waals surface area contributed by atoms with Crippen LogP contribution in [0.5, 0.6) is 11.5 Å². The van der Waals surface area contributed by atoms with Crippen molar-refractivity contribution in [1.82, 2.24) is 10.2 Å². The Morgan fingerprint density at radius 2 is 1.74 bits per heavy atom. The quantitative estimate of drug-likeness (QED) is 0.426. The molecule has 2 aliphatic heterocycles. The first-order valence-corrected chi connectivity index (χ1v) is 14.9. The van der Waals surface area contributed by atoms with Gasteiger partial charge >= 0.3 is 0 Å². The highest BCUT2D eigenvalue weighted by molar-refractivity contribution is 7.92. The van der Waals surface area contributed by atoms with E-state index < -0.39 is 22.0 Å². The third-order valence-electron chi connectivity index (χ3n) is 7.14. The van der Waals surface area contributed by atoms with Gasteiger partial charge in [-0.25, -0.2) is 8.42 Å². The molecule has 0 saturated carbocycles. The second kappa shape index (κ2) is 11.9. The van der Waals surface area contributed by atoms with Crippen LogP contribution in [0.3, 0.4) is 0 Å².